The van der Waals surface area contributed by atoms with Crippen molar-refractivity contribution in [3.05, 3.63) is 48.0 Å². The molecule has 1 N–H and O–H groups in total. The van der Waals surface area contributed by atoms with E-state index in [1.807, 2.05) is 35.8 Å². The van der Waals surface area contributed by atoms with E-state index in [1.165, 1.54) is 7.11 Å². The summed E-state index contributed by atoms with van der Waals surface area (Å²) in [6.07, 6.45) is 0. The lowest BCUT2D eigenvalue weighted by atomic mass is 10.2. The summed E-state index contributed by atoms with van der Waals surface area (Å²) in [7, 11) is 3.09. The Morgan fingerprint density at radius 2 is 1.88 bits per heavy atom. The van der Waals surface area contributed by atoms with Crippen LogP contribution in [-0.4, -0.2) is 29.7 Å². The van der Waals surface area contributed by atoms with Crippen molar-refractivity contribution in [2.24, 2.45) is 0 Å². The second-order valence-corrected chi connectivity index (χ2v) is 5.19. The summed E-state index contributed by atoms with van der Waals surface area (Å²) in [5.41, 5.74) is 2.31. The molecule has 6 heteroatoms. The number of nitrogens with one attached hydrogen (secondary N) is 1. The number of ether oxygens (including phenoxy) is 2. The van der Waals surface area contributed by atoms with Crippen LogP contribution < -0.4 is 14.8 Å². The first-order valence-electron chi connectivity index (χ1n) is 7.66. The Hall–Kier alpha value is -3.02. The highest BCUT2D eigenvalue weighted by Gasteiger charge is 2.15. The molecule has 0 atom stereocenters. The van der Waals surface area contributed by atoms with Crippen LogP contribution in [0.5, 0.6) is 11.5 Å². The average molecular weight is 325 g/mol. The van der Waals surface area contributed by atoms with Crippen LogP contribution in [0, 0.1) is 0 Å². The molecule has 0 saturated heterocycles. The molecule has 3 aromatic rings. The topological polar surface area (TPSA) is 65.4 Å². The number of hydrogen-bond acceptors (Lipinski definition) is 4. The predicted molar refractivity (Wildman–Crippen MR) is 92.9 cm³/mol. The number of benzene rings is 2. The number of aromatic nitrogens is 2. The largest absolute Gasteiger partial charge is 0.493 e. The minimum Gasteiger partial charge on any atom is -0.493 e. The number of methoxy groups -OCH3 is 2. The zero-order valence-corrected chi connectivity index (χ0v) is 13.9. The summed E-state index contributed by atoms with van der Waals surface area (Å²) >= 11 is 0. The minimum atomic E-state index is -0.249. The molecule has 3 rings (SSSR count). The van der Waals surface area contributed by atoms with Gasteiger partial charge in [0.2, 0.25) is 5.95 Å². The van der Waals surface area contributed by atoms with E-state index in [9.17, 15) is 4.79 Å². The molecule has 0 aliphatic carbocycles. The third-order valence-electron chi connectivity index (χ3n) is 3.84. The van der Waals surface area contributed by atoms with E-state index in [1.54, 1.807) is 25.3 Å². The van der Waals surface area contributed by atoms with Crippen LogP contribution in [0.4, 0.5) is 5.95 Å². The second-order valence-electron chi connectivity index (χ2n) is 5.19. The Labute approximate surface area is 140 Å². The fourth-order valence-corrected chi connectivity index (χ4v) is 2.64. The molecule has 1 heterocycles. The van der Waals surface area contributed by atoms with E-state index in [0.29, 0.717) is 29.6 Å². The summed E-state index contributed by atoms with van der Waals surface area (Å²) in [4.78, 5) is 17.1. The van der Waals surface area contributed by atoms with E-state index in [-0.39, 0.29) is 5.91 Å². The number of nitrogens with zero attached hydrogens (tertiary/aromatic N) is 2. The smallest absolute Gasteiger partial charge is 0.258 e. The molecule has 1 amide bonds. The summed E-state index contributed by atoms with van der Waals surface area (Å²) in [5, 5.41) is 2.87. The van der Waals surface area contributed by atoms with Crippen molar-refractivity contribution in [1.29, 1.82) is 0 Å². The van der Waals surface area contributed by atoms with Crippen molar-refractivity contribution in [2.45, 2.75) is 13.5 Å². The number of imidazole rings is 1. The molecule has 0 radical (unpaired) electrons. The summed E-state index contributed by atoms with van der Waals surface area (Å²) in [5.74, 6) is 1.36. The number of aryl methyl sites for hydroxylation is 1. The van der Waals surface area contributed by atoms with Gasteiger partial charge in [0.25, 0.3) is 5.91 Å². The SMILES string of the molecule is CCn1c(NC(=O)c2ccc(OC)c(OC)c2)nc2ccccc21. The Bertz CT molecular complexity index is 886. The molecule has 0 spiro atoms. The van der Waals surface area contributed by atoms with Crippen molar-refractivity contribution < 1.29 is 14.3 Å². The van der Waals surface area contributed by atoms with E-state index in [4.69, 9.17) is 9.47 Å². The maximum absolute atomic E-state index is 12.6. The zero-order valence-electron chi connectivity index (χ0n) is 13.9. The van der Waals surface area contributed by atoms with Crippen LogP contribution in [0.3, 0.4) is 0 Å². The predicted octanol–water partition coefficient (Wildman–Crippen LogP) is 3.33. The fourth-order valence-electron chi connectivity index (χ4n) is 2.64. The second kappa shape index (κ2) is 6.62. The van der Waals surface area contributed by atoms with Crippen LogP contribution in [0.1, 0.15) is 17.3 Å². The van der Waals surface area contributed by atoms with Crippen LogP contribution >= 0.6 is 0 Å². The Morgan fingerprint density at radius 3 is 2.58 bits per heavy atom. The third kappa shape index (κ3) is 2.78. The highest BCUT2D eigenvalue weighted by Crippen LogP contribution is 2.28. The Kier molecular flexibility index (Phi) is 4.37. The van der Waals surface area contributed by atoms with Gasteiger partial charge in [0.1, 0.15) is 0 Å². The average Bonchev–Trinajstić information content (AvgIpc) is 2.97. The first-order valence-corrected chi connectivity index (χ1v) is 7.66. The van der Waals surface area contributed by atoms with Gasteiger partial charge >= 0.3 is 0 Å². The minimum absolute atomic E-state index is 0.249. The molecule has 124 valence electrons. The number of hydrogen-bond donors (Lipinski definition) is 1. The van der Waals surface area contributed by atoms with Crippen molar-refractivity contribution >= 4 is 22.9 Å². The van der Waals surface area contributed by atoms with Crippen molar-refractivity contribution in [3.8, 4) is 11.5 Å². The first-order chi connectivity index (χ1) is 11.7. The van der Waals surface area contributed by atoms with Gasteiger partial charge in [0.05, 0.1) is 25.3 Å². The fraction of sp³-hybridized carbons (Fsp3) is 0.222. The van der Waals surface area contributed by atoms with Crippen LogP contribution in [0.15, 0.2) is 42.5 Å². The summed E-state index contributed by atoms with van der Waals surface area (Å²) < 4.78 is 12.4. The van der Waals surface area contributed by atoms with Gasteiger partial charge in [-0.15, -0.1) is 0 Å². The number of rotatable bonds is 5. The molecular formula is C18H19N3O3. The highest BCUT2D eigenvalue weighted by molar-refractivity contribution is 6.04. The van der Waals surface area contributed by atoms with Gasteiger partial charge in [0.15, 0.2) is 11.5 Å². The normalized spacial score (nSPS) is 10.6. The van der Waals surface area contributed by atoms with Gasteiger partial charge < -0.3 is 14.0 Å². The van der Waals surface area contributed by atoms with Crippen LogP contribution in [0.2, 0.25) is 0 Å². The van der Waals surface area contributed by atoms with Crippen molar-refractivity contribution in [1.82, 2.24) is 9.55 Å². The molecule has 6 nitrogen and oxygen atoms in total. The summed E-state index contributed by atoms with van der Waals surface area (Å²) in [6, 6.07) is 12.8. The maximum Gasteiger partial charge on any atom is 0.258 e. The van der Waals surface area contributed by atoms with E-state index in [0.717, 1.165) is 11.0 Å². The number of fused-ring (bicyclic) bond motifs is 1. The Morgan fingerprint density at radius 1 is 1.12 bits per heavy atom. The van der Waals surface area contributed by atoms with Gasteiger partial charge in [0, 0.05) is 12.1 Å². The number of para-hydroxylation sites is 2. The van der Waals surface area contributed by atoms with Gasteiger partial charge in [-0.1, -0.05) is 12.1 Å². The zero-order chi connectivity index (χ0) is 17.1. The Balaban J connectivity index is 1.92. The van der Waals surface area contributed by atoms with Gasteiger partial charge in [-0.25, -0.2) is 4.98 Å². The van der Waals surface area contributed by atoms with E-state index in [2.05, 4.69) is 10.3 Å². The number of carbonyl (C=O) groups is 1. The van der Waals surface area contributed by atoms with Gasteiger partial charge in [-0.05, 0) is 37.3 Å². The number of carbonyl (C=O) groups excluding carboxylic acids is 1. The molecule has 2 aromatic carbocycles. The standard InChI is InChI=1S/C18H19N3O3/c1-4-21-14-8-6-5-7-13(14)19-18(21)20-17(22)12-9-10-15(23-2)16(11-12)24-3/h5-11H,4H2,1-3H3,(H,19,20,22). The van der Waals surface area contributed by atoms with Crippen LogP contribution in [0.25, 0.3) is 11.0 Å². The molecule has 1 aromatic heterocycles. The third-order valence-corrected chi connectivity index (χ3v) is 3.84. The highest BCUT2D eigenvalue weighted by atomic mass is 16.5. The van der Waals surface area contributed by atoms with Gasteiger partial charge in [-0.2, -0.15) is 0 Å². The molecule has 0 fully saturated rings. The van der Waals surface area contributed by atoms with E-state index >= 15 is 0 Å². The first kappa shape index (κ1) is 15.9. The van der Waals surface area contributed by atoms with E-state index < -0.39 is 0 Å². The monoisotopic (exact) mass is 325 g/mol. The van der Waals surface area contributed by atoms with Gasteiger partial charge in [-0.3, -0.25) is 10.1 Å². The summed E-state index contributed by atoms with van der Waals surface area (Å²) in [6.45, 7) is 2.72. The molecule has 0 bridgehead atoms. The van der Waals surface area contributed by atoms with Crippen molar-refractivity contribution in [3.63, 3.8) is 0 Å². The lowest BCUT2D eigenvalue weighted by molar-refractivity contribution is 0.102. The number of anilines is 1. The molecule has 24 heavy (non-hydrogen) atoms. The quantitative estimate of drug-likeness (QED) is 0.781. The lowest BCUT2D eigenvalue weighted by Crippen LogP contribution is -2.16. The lowest BCUT2D eigenvalue weighted by Gasteiger charge is -2.10. The molecular weight excluding hydrogens is 306 g/mol. The maximum atomic E-state index is 12.6. The van der Waals surface area contributed by atoms with Crippen molar-refractivity contribution in [2.75, 3.05) is 19.5 Å². The molecule has 0 saturated carbocycles. The molecule has 0 unspecified atom stereocenters. The number of amides is 1. The van der Waals surface area contributed by atoms with Crippen LogP contribution in [-0.2, 0) is 6.54 Å². The molecule has 0 aliphatic rings. The molecule has 0 aliphatic heterocycles.